The second-order valence-corrected chi connectivity index (χ2v) is 5.38. The molecule has 0 spiro atoms. The molecular weight excluding hydrogens is 309 g/mol. The number of anilines is 1. The molecule has 122 valence electrons. The molecular formula is C18H16FN3O2. The first kappa shape index (κ1) is 15.7. The van der Waals surface area contributed by atoms with Gasteiger partial charge < -0.3 is 15.2 Å². The fourth-order valence-corrected chi connectivity index (χ4v) is 2.62. The number of aryl methyl sites for hydroxylation is 1. The van der Waals surface area contributed by atoms with Crippen molar-refractivity contribution in [1.29, 1.82) is 0 Å². The van der Waals surface area contributed by atoms with Crippen LogP contribution in [-0.2, 0) is 7.05 Å². The Morgan fingerprint density at radius 1 is 1.04 bits per heavy atom. The summed E-state index contributed by atoms with van der Waals surface area (Å²) in [6.07, 6.45) is 0. The molecule has 0 radical (unpaired) electrons. The minimum absolute atomic E-state index is 0.238. The maximum Gasteiger partial charge on any atom is 0.272 e. The van der Waals surface area contributed by atoms with E-state index in [0.29, 0.717) is 27.8 Å². The van der Waals surface area contributed by atoms with E-state index < -0.39 is 0 Å². The predicted octanol–water partition coefficient (Wildman–Crippen LogP) is 2.93. The highest BCUT2D eigenvalue weighted by molar-refractivity contribution is 6.07. The quantitative estimate of drug-likeness (QED) is 0.778. The molecule has 0 fully saturated rings. The van der Waals surface area contributed by atoms with E-state index in [1.165, 1.54) is 19.2 Å². The number of nitrogens with one attached hydrogen (secondary N) is 2. The largest absolute Gasteiger partial charge is 0.355 e. The number of rotatable bonds is 3. The average Bonchev–Trinajstić information content (AvgIpc) is 2.93. The van der Waals surface area contributed by atoms with E-state index in [9.17, 15) is 14.0 Å². The van der Waals surface area contributed by atoms with E-state index >= 15 is 0 Å². The predicted molar refractivity (Wildman–Crippen MR) is 90.7 cm³/mol. The fraction of sp³-hybridized carbons (Fsp3) is 0.111. The number of aromatic nitrogens is 1. The molecule has 2 aromatic carbocycles. The van der Waals surface area contributed by atoms with Gasteiger partial charge in [-0.2, -0.15) is 0 Å². The number of fused-ring (bicyclic) bond motifs is 1. The second kappa shape index (κ2) is 6.16. The van der Waals surface area contributed by atoms with Crippen molar-refractivity contribution >= 4 is 28.4 Å². The van der Waals surface area contributed by atoms with Crippen molar-refractivity contribution in [1.82, 2.24) is 9.88 Å². The number of halogens is 1. The molecule has 1 heterocycles. The Bertz CT molecular complexity index is 947. The van der Waals surface area contributed by atoms with Crippen LogP contribution in [0.2, 0.25) is 0 Å². The van der Waals surface area contributed by atoms with Crippen LogP contribution in [0.5, 0.6) is 0 Å². The van der Waals surface area contributed by atoms with Gasteiger partial charge in [-0.25, -0.2) is 4.39 Å². The zero-order valence-electron chi connectivity index (χ0n) is 13.3. The van der Waals surface area contributed by atoms with Crippen molar-refractivity contribution in [3.8, 4) is 0 Å². The summed E-state index contributed by atoms with van der Waals surface area (Å²) in [7, 11) is 3.25. The van der Waals surface area contributed by atoms with Crippen molar-refractivity contribution in [2.45, 2.75) is 0 Å². The van der Waals surface area contributed by atoms with Crippen LogP contribution in [0.25, 0.3) is 10.9 Å². The minimum Gasteiger partial charge on any atom is -0.355 e. The lowest BCUT2D eigenvalue weighted by Crippen LogP contribution is -2.19. The summed E-state index contributed by atoms with van der Waals surface area (Å²) in [6, 6.07) is 12.8. The van der Waals surface area contributed by atoms with E-state index in [2.05, 4.69) is 10.6 Å². The Labute approximate surface area is 138 Å². The monoisotopic (exact) mass is 325 g/mol. The van der Waals surface area contributed by atoms with Crippen LogP contribution in [0.4, 0.5) is 10.1 Å². The molecule has 0 aliphatic heterocycles. The fourth-order valence-electron chi connectivity index (χ4n) is 2.62. The number of hydrogen-bond acceptors (Lipinski definition) is 2. The van der Waals surface area contributed by atoms with Crippen LogP contribution in [0.1, 0.15) is 20.8 Å². The van der Waals surface area contributed by atoms with Gasteiger partial charge in [-0.15, -0.1) is 0 Å². The molecule has 0 saturated carbocycles. The molecule has 0 aliphatic carbocycles. The normalized spacial score (nSPS) is 10.6. The van der Waals surface area contributed by atoms with Crippen LogP contribution in [0.3, 0.4) is 0 Å². The molecule has 6 heteroatoms. The van der Waals surface area contributed by atoms with Crippen LogP contribution >= 0.6 is 0 Å². The Morgan fingerprint density at radius 2 is 1.79 bits per heavy atom. The van der Waals surface area contributed by atoms with E-state index in [4.69, 9.17) is 0 Å². The summed E-state index contributed by atoms with van der Waals surface area (Å²) in [5.41, 5.74) is 1.91. The summed E-state index contributed by atoms with van der Waals surface area (Å²) in [5, 5.41) is 5.66. The van der Waals surface area contributed by atoms with Crippen molar-refractivity contribution < 1.29 is 14.0 Å². The zero-order chi connectivity index (χ0) is 17.3. The van der Waals surface area contributed by atoms with Crippen molar-refractivity contribution in [2.24, 2.45) is 7.05 Å². The first-order valence-electron chi connectivity index (χ1n) is 7.38. The van der Waals surface area contributed by atoms with Gasteiger partial charge >= 0.3 is 0 Å². The molecule has 0 saturated heterocycles. The Hall–Kier alpha value is -3.15. The van der Waals surface area contributed by atoms with Gasteiger partial charge in [0.1, 0.15) is 11.5 Å². The van der Waals surface area contributed by atoms with Crippen LogP contribution < -0.4 is 10.6 Å². The van der Waals surface area contributed by atoms with Gasteiger partial charge in [0.15, 0.2) is 0 Å². The molecule has 24 heavy (non-hydrogen) atoms. The highest BCUT2D eigenvalue weighted by Gasteiger charge is 2.16. The van der Waals surface area contributed by atoms with Gasteiger partial charge in [0.05, 0.1) is 5.52 Å². The summed E-state index contributed by atoms with van der Waals surface area (Å²) in [5.74, 6) is -0.983. The number of carbonyl (C=O) groups excluding carboxylic acids is 2. The van der Waals surface area contributed by atoms with Crippen molar-refractivity contribution in [3.05, 3.63) is 65.6 Å². The highest BCUT2D eigenvalue weighted by atomic mass is 19.1. The average molecular weight is 325 g/mol. The number of hydrogen-bond donors (Lipinski definition) is 2. The molecule has 1 aromatic heterocycles. The van der Waals surface area contributed by atoms with Crippen LogP contribution in [-0.4, -0.2) is 23.4 Å². The Balaban J connectivity index is 1.92. The summed E-state index contributed by atoms with van der Waals surface area (Å²) in [4.78, 5) is 24.2. The van der Waals surface area contributed by atoms with Gasteiger partial charge in [-0.05, 0) is 36.4 Å². The maximum atomic E-state index is 13.9. The van der Waals surface area contributed by atoms with Crippen LogP contribution in [0.15, 0.2) is 48.5 Å². The number of carbonyl (C=O) groups is 2. The molecule has 0 atom stereocenters. The summed E-state index contributed by atoms with van der Waals surface area (Å²) in [6.45, 7) is 0. The molecule has 0 bridgehead atoms. The lowest BCUT2D eigenvalue weighted by Gasteiger charge is -2.08. The maximum absolute atomic E-state index is 13.9. The topological polar surface area (TPSA) is 63.1 Å². The van der Waals surface area contributed by atoms with Crippen molar-refractivity contribution in [3.63, 3.8) is 0 Å². The number of amides is 2. The molecule has 3 aromatic rings. The molecule has 2 amide bonds. The Morgan fingerprint density at radius 3 is 2.50 bits per heavy atom. The third kappa shape index (κ3) is 2.74. The lowest BCUT2D eigenvalue weighted by molar-refractivity contribution is 0.0961. The molecule has 0 unspecified atom stereocenters. The van der Waals surface area contributed by atoms with Crippen LogP contribution in [0, 0.1) is 5.82 Å². The van der Waals surface area contributed by atoms with E-state index in [0.717, 1.165) is 0 Å². The Kier molecular flexibility index (Phi) is 4.04. The summed E-state index contributed by atoms with van der Waals surface area (Å²) < 4.78 is 15.5. The first-order chi connectivity index (χ1) is 11.5. The van der Waals surface area contributed by atoms with Gasteiger partial charge in [0, 0.05) is 30.7 Å². The molecule has 5 nitrogen and oxygen atoms in total. The third-order valence-corrected chi connectivity index (χ3v) is 3.88. The summed E-state index contributed by atoms with van der Waals surface area (Å²) >= 11 is 0. The van der Waals surface area contributed by atoms with E-state index in [1.807, 2.05) is 0 Å². The first-order valence-corrected chi connectivity index (χ1v) is 7.38. The molecule has 2 N–H and O–H groups in total. The van der Waals surface area contributed by atoms with E-state index in [-0.39, 0.29) is 17.6 Å². The lowest BCUT2D eigenvalue weighted by atomic mass is 10.2. The van der Waals surface area contributed by atoms with Gasteiger partial charge in [-0.3, -0.25) is 9.59 Å². The van der Waals surface area contributed by atoms with E-state index in [1.54, 1.807) is 48.0 Å². The number of nitrogens with zero attached hydrogens (tertiary/aromatic N) is 1. The molecule has 0 aliphatic rings. The van der Waals surface area contributed by atoms with Gasteiger partial charge in [0.2, 0.25) is 0 Å². The van der Waals surface area contributed by atoms with Gasteiger partial charge in [-0.1, -0.05) is 12.1 Å². The standard InChI is InChI=1S/C18H16FN3O2/c1-20-17(23)11-5-3-6-12(9-11)21-18(24)16-10-13-14(19)7-4-8-15(13)22(16)2/h3-10H,1-2H3,(H,20,23)(H,21,24). The van der Waals surface area contributed by atoms with Crippen molar-refractivity contribution in [2.75, 3.05) is 12.4 Å². The highest BCUT2D eigenvalue weighted by Crippen LogP contribution is 2.22. The number of benzene rings is 2. The smallest absolute Gasteiger partial charge is 0.272 e. The molecule has 3 rings (SSSR count). The third-order valence-electron chi connectivity index (χ3n) is 3.88. The zero-order valence-corrected chi connectivity index (χ0v) is 13.3. The van der Waals surface area contributed by atoms with Gasteiger partial charge in [0.25, 0.3) is 11.8 Å². The SMILES string of the molecule is CNC(=O)c1cccc(NC(=O)c2cc3c(F)cccc3n2C)c1. The minimum atomic E-state index is -0.373. The second-order valence-electron chi connectivity index (χ2n) is 5.38.